The fraction of sp³-hybridized carbons (Fsp3) is 0.222. The number of nitrogens with one attached hydrogen (secondary N) is 1. The average Bonchev–Trinajstić information content (AvgIpc) is 2.68. The van der Waals surface area contributed by atoms with Gasteiger partial charge in [0.15, 0.2) is 0 Å². The molecule has 5 nitrogen and oxygen atoms in total. The van der Waals surface area contributed by atoms with Gasteiger partial charge >= 0.3 is 0 Å². The maximum Gasteiger partial charge on any atom is 0.115 e. The molecule has 0 unspecified atom stereocenters. The molecule has 2 heterocycles. The van der Waals surface area contributed by atoms with E-state index in [2.05, 4.69) is 20.4 Å². The lowest BCUT2D eigenvalue weighted by Gasteiger charge is -1.98. The molecule has 0 amide bonds. The van der Waals surface area contributed by atoms with Crippen LogP contribution >= 0.6 is 0 Å². The first-order valence-corrected chi connectivity index (χ1v) is 4.34. The van der Waals surface area contributed by atoms with Gasteiger partial charge in [0.1, 0.15) is 12.0 Å². The van der Waals surface area contributed by atoms with E-state index in [4.69, 9.17) is 0 Å². The zero-order valence-corrected chi connectivity index (χ0v) is 7.88. The molecule has 2 rings (SSSR count). The summed E-state index contributed by atoms with van der Waals surface area (Å²) in [5.74, 6) is 0. The number of hydrogen-bond donors (Lipinski definition) is 1. The van der Waals surface area contributed by atoms with E-state index in [9.17, 15) is 0 Å². The molecule has 0 atom stereocenters. The van der Waals surface area contributed by atoms with Gasteiger partial charge in [-0.25, -0.2) is 14.6 Å². The largest absolute Gasteiger partial charge is 0.314 e. The standard InChI is InChI=1S/C9H11N5/c1-10-4-8-2-3-14(13-8)9-5-11-7-12-6-9/h2-3,5-7,10H,4H2,1H3. The van der Waals surface area contributed by atoms with Gasteiger partial charge in [0, 0.05) is 12.7 Å². The van der Waals surface area contributed by atoms with Gasteiger partial charge < -0.3 is 5.32 Å². The molecule has 2 aromatic heterocycles. The lowest BCUT2D eigenvalue weighted by atomic mass is 10.4. The number of rotatable bonds is 3. The number of nitrogens with zero attached hydrogens (tertiary/aromatic N) is 4. The lowest BCUT2D eigenvalue weighted by molar-refractivity contribution is 0.754. The van der Waals surface area contributed by atoms with Gasteiger partial charge in [-0.3, -0.25) is 0 Å². The molecule has 0 bridgehead atoms. The maximum atomic E-state index is 4.34. The maximum absolute atomic E-state index is 4.34. The SMILES string of the molecule is CNCc1ccn(-c2cncnc2)n1. The number of hydrogen-bond acceptors (Lipinski definition) is 4. The molecule has 0 saturated carbocycles. The van der Waals surface area contributed by atoms with Gasteiger partial charge in [-0.05, 0) is 13.1 Å². The van der Waals surface area contributed by atoms with E-state index in [1.165, 1.54) is 6.33 Å². The van der Waals surface area contributed by atoms with Crippen molar-refractivity contribution < 1.29 is 0 Å². The van der Waals surface area contributed by atoms with Gasteiger partial charge in [-0.1, -0.05) is 0 Å². The lowest BCUT2D eigenvalue weighted by Crippen LogP contribution is -2.06. The molecular formula is C9H11N5. The summed E-state index contributed by atoms with van der Waals surface area (Å²) in [6.07, 6.45) is 6.85. The minimum atomic E-state index is 0.765. The Kier molecular flexibility index (Phi) is 2.51. The quantitative estimate of drug-likeness (QED) is 0.758. The Labute approximate surface area is 81.8 Å². The van der Waals surface area contributed by atoms with Crippen molar-refractivity contribution in [1.29, 1.82) is 0 Å². The highest BCUT2D eigenvalue weighted by Crippen LogP contribution is 2.03. The molecule has 0 radical (unpaired) electrons. The van der Waals surface area contributed by atoms with Crippen molar-refractivity contribution >= 4 is 0 Å². The second kappa shape index (κ2) is 3.97. The molecule has 14 heavy (non-hydrogen) atoms. The summed E-state index contributed by atoms with van der Waals surface area (Å²) in [5.41, 5.74) is 1.87. The van der Waals surface area contributed by atoms with Crippen molar-refractivity contribution in [3.8, 4) is 5.69 Å². The van der Waals surface area contributed by atoms with Crippen molar-refractivity contribution in [2.75, 3.05) is 7.05 Å². The molecule has 0 aliphatic heterocycles. The van der Waals surface area contributed by atoms with Crippen molar-refractivity contribution in [2.24, 2.45) is 0 Å². The Balaban J connectivity index is 2.25. The summed E-state index contributed by atoms with van der Waals surface area (Å²) in [6, 6.07) is 1.96. The highest BCUT2D eigenvalue weighted by Gasteiger charge is 1.99. The van der Waals surface area contributed by atoms with Gasteiger partial charge in [0.25, 0.3) is 0 Å². The second-order valence-corrected chi connectivity index (χ2v) is 2.88. The molecular weight excluding hydrogens is 178 g/mol. The van der Waals surface area contributed by atoms with E-state index >= 15 is 0 Å². The molecule has 0 fully saturated rings. The third-order valence-electron chi connectivity index (χ3n) is 1.81. The highest BCUT2D eigenvalue weighted by atomic mass is 15.3. The molecule has 0 aliphatic rings. The molecule has 0 aliphatic carbocycles. The summed E-state index contributed by atoms with van der Waals surface area (Å²) in [6.45, 7) is 0.765. The summed E-state index contributed by atoms with van der Waals surface area (Å²) in [4.78, 5) is 7.86. The normalized spacial score (nSPS) is 10.4. The van der Waals surface area contributed by atoms with Crippen molar-refractivity contribution in [3.05, 3.63) is 36.7 Å². The smallest absolute Gasteiger partial charge is 0.115 e. The van der Waals surface area contributed by atoms with Crippen molar-refractivity contribution in [3.63, 3.8) is 0 Å². The third-order valence-corrected chi connectivity index (χ3v) is 1.81. The van der Waals surface area contributed by atoms with E-state index in [-0.39, 0.29) is 0 Å². The third kappa shape index (κ3) is 1.77. The molecule has 2 aromatic rings. The Morgan fingerprint density at radius 2 is 2.14 bits per heavy atom. The van der Waals surface area contributed by atoms with E-state index < -0.39 is 0 Å². The fourth-order valence-corrected chi connectivity index (χ4v) is 1.19. The Bertz CT molecular complexity index is 395. The second-order valence-electron chi connectivity index (χ2n) is 2.88. The van der Waals surface area contributed by atoms with Crippen LogP contribution in [0.2, 0.25) is 0 Å². The summed E-state index contributed by atoms with van der Waals surface area (Å²) >= 11 is 0. The van der Waals surface area contributed by atoms with Crippen LogP contribution in [-0.4, -0.2) is 26.8 Å². The predicted molar refractivity (Wildman–Crippen MR) is 51.9 cm³/mol. The number of aromatic nitrogens is 4. The highest BCUT2D eigenvalue weighted by molar-refractivity contribution is 5.23. The molecule has 0 spiro atoms. The Morgan fingerprint density at radius 3 is 2.86 bits per heavy atom. The van der Waals surface area contributed by atoms with Gasteiger partial charge in [0.05, 0.1) is 18.1 Å². The first-order valence-electron chi connectivity index (χ1n) is 4.34. The van der Waals surface area contributed by atoms with E-state index in [0.29, 0.717) is 0 Å². The average molecular weight is 189 g/mol. The van der Waals surface area contributed by atoms with Gasteiger partial charge in [-0.15, -0.1) is 0 Å². The fourth-order valence-electron chi connectivity index (χ4n) is 1.19. The molecule has 1 N–H and O–H groups in total. The van der Waals surface area contributed by atoms with Crippen LogP contribution in [0.25, 0.3) is 5.69 Å². The van der Waals surface area contributed by atoms with Crippen molar-refractivity contribution in [1.82, 2.24) is 25.1 Å². The van der Waals surface area contributed by atoms with E-state index in [1.807, 2.05) is 19.3 Å². The van der Waals surface area contributed by atoms with Crippen LogP contribution in [0.15, 0.2) is 31.0 Å². The summed E-state index contributed by atoms with van der Waals surface area (Å²) in [5, 5.41) is 7.39. The minimum absolute atomic E-state index is 0.765. The molecule has 0 aromatic carbocycles. The summed E-state index contributed by atoms with van der Waals surface area (Å²) < 4.78 is 1.76. The Morgan fingerprint density at radius 1 is 1.36 bits per heavy atom. The first-order chi connectivity index (χ1) is 6.90. The summed E-state index contributed by atoms with van der Waals surface area (Å²) in [7, 11) is 1.89. The zero-order valence-electron chi connectivity index (χ0n) is 7.88. The Hall–Kier alpha value is -1.75. The topological polar surface area (TPSA) is 55.6 Å². The minimum Gasteiger partial charge on any atom is -0.314 e. The van der Waals surface area contributed by atoms with Crippen LogP contribution < -0.4 is 5.32 Å². The van der Waals surface area contributed by atoms with Crippen LogP contribution in [0.5, 0.6) is 0 Å². The van der Waals surface area contributed by atoms with E-state index in [1.54, 1.807) is 17.1 Å². The molecule has 5 heteroatoms. The predicted octanol–water partition coefficient (Wildman–Crippen LogP) is 0.382. The van der Waals surface area contributed by atoms with Crippen LogP contribution in [0.4, 0.5) is 0 Å². The monoisotopic (exact) mass is 189 g/mol. The first kappa shape index (κ1) is 8.83. The van der Waals surface area contributed by atoms with Gasteiger partial charge in [-0.2, -0.15) is 5.10 Å². The van der Waals surface area contributed by atoms with Gasteiger partial charge in [0.2, 0.25) is 0 Å². The van der Waals surface area contributed by atoms with Crippen LogP contribution in [-0.2, 0) is 6.54 Å². The van der Waals surface area contributed by atoms with Crippen LogP contribution in [0.1, 0.15) is 5.69 Å². The molecule has 0 saturated heterocycles. The van der Waals surface area contributed by atoms with Crippen LogP contribution in [0, 0.1) is 0 Å². The molecule has 72 valence electrons. The van der Waals surface area contributed by atoms with Crippen LogP contribution in [0.3, 0.4) is 0 Å². The zero-order chi connectivity index (χ0) is 9.80. The van der Waals surface area contributed by atoms with E-state index in [0.717, 1.165) is 17.9 Å². The van der Waals surface area contributed by atoms with Crippen molar-refractivity contribution in [2.45, 2.75) is 6.54 Å².